The van der Waals surface area contributed by atoms with Crippen LogP contribution in [0.15, 0.2) is 18.2 Å². The van der Waals surface area contributed by atoms with Crippen molar-refractivity contribution in [2.24, 2.45) is 5.41 Å². The molecule has 0 bridgehead atoms. The monoisotopic (exact) mass is 287 g/mol. The molecule has 21 heavy (non-hydrogen) atoms. The lowest BCUT2D eigenvalue weighted by atomic mass is 9.64. The van der Waals surface area contributed by atoms with Crippen molar-refractivity contribution in [1.82, 2.24) is 5.32 Å². The fourth-order valence-electron chi connectivity index (χ4n) is 3.47. The lowest BCUT2D eigenvalue weighted by Crippen LogP contribution is -2.61. The number of rotatable bonds is 3. The summed E-state index contributed by atoms with van der Waals surface area (Å²) in [5.74, 6) is 0.0655. The molecule has 0 aromatic heterocycles. The highest BCUT2D eigenvalue weighted by Gasteiger charge is 2.47. The molecule has 0 radical (unpaired) electrons. The summed E-state index contributed by atoms with van der Waals surface area (Å²) in [6, 6.07) is 6.57. The van der Waals surface area contributed by atoms with Gasteiger partial charge in [-0.1, -0.05) is 32.0 Å². The normalized spacial score (nSPS) is 26.6. The molecular weight excluding hydrogens is 262 g/mol. The first-order valence-corrected chi connectivity index (χ1v) is 8.05. The Balaban J connectivity index is 1.60. The van der Waals surface area contributed by atoms with Gasteiger partial charge in [-0.3, -0.25) is 4.79 Å². The molecule has 2 unspecified atom stereocenters. The van der Waals surface area contributed by atoms with Crippen molar-refractivity contribution in [3.63, 3.8) is 0 Å². The molecule has 3 rings (SSSR count). The smallest absolute Gasteiger partial charge is 0.224 e. The minimum atomic E-state index is -0.299. The van der Waals surface area contributed by atoms with E-state index in [1.165, 1.54) is 30.4 Å². The van der Waals surface area contributed by atoms with Gasteiger partial charge >= 0.3 is 0 Å². The van der Waals surface area contributed by atoms with Crippen LogP contribution in [-0.4, -0.2) is 23.2 Å². The number of hydrogen-bond donors (Lipinski definition) is 2. The summed E-state index contributed by atoms with van der Waals surface area (Å²) in [6.07, 6.45) is 5.68. The van der Waals surface area contributed by atoms with Crippen LogP contribution in [-0.2, 0) is 24.1 Å². The van der Waals surface area contributed by atoms with Crippen molar-refractivity contribution in [2.45, 2.75) is 64.5 Å². The lowest BCUT2D eigenvalue weighted by Gasteiger charge is -2.49. The van der Waals surface area contributed by atoms with Crippen LogP contribution in [0.1, 0.15) is 49.8 Å². The highest BCUT2D eigenvalue weighted by atomic mass is 16.3. The first-order chi connectivity index (χ1) is 9.96. The zero-order chi connectivity index (χ0) is 15.0. The Labute approximate surface area is 126 Å². The zero-order valence-electron chi connectivity index (χ0n) is 13.0. The van der Waals surface area contributed by atoms with E-state index in [1.807, 2.05) is 13.8 Å². The molecule has 1 amide bonds. The minimum absolute atomic E-state index is 0.0655. The molecule has 2 aliphatic carbocycles. The molecule has 1 fully saturated rings. The number of aliphatic hydroxyl groups excluding tert-OH is 1. The Kier molecular flexibility index (Phi) is 3.78. The SMILES string of the molecule is CC1(C)C(O)CC1NC(=O)Cc1ccc2c(c1)CCCC2. The molecule has 1 aromatic carbocycles. The van der Waals surface area contributed by atoms with Crippen LogP contribution < -0.4 is 5.32 Å². The van der Waals surface area contributed by atoms with Crippen LogP contribution in [0.5, 0.6) is 0 Å². The molecule has 1 aromatic rings. The van der Waals surface area contributed by atoms with Gasteiger partial charge in [0.05, 0.1) is 12.5 Å². The van der Waals surface area contributed by atoms with Crippen molar-refractivity contribution in [3.8, 4) is 0 Å². The molecule has 2 aliphatic rings. The summed E-state index contributed by atoms with van der Waals surface area (Å²) >= 11 is 0. The first kappa shape index (κ1) is 14.6. The fraction of sp³-hybridized carbons (Fsp3) is 0.611. The van der Waals surface area contributed by atoms with Gasteiger partial charge in [0, 0.05) is 11.5 Å². The number of fused-ring (bicyclic) bond motifs is 1. The van der Waals surface area contributed by atoms with Crippen molar-refractivity contribution in [2.75, 3.05) is 0 Å². The Morgan fingerprint density at radius 1 is 1.29 bits per heavy atom. The highest BCUT2D eigenvalue weighted by molar-refractivity contribution is 5.79. The number of hydrogen-bond acceptors (Lipinski definition) is 2. The van der Waals surface area contributed by atoms with Gasteiger partial charge in [0.2, 0.25) is 5.91 Å². The molecule has 3 heteroatoms. The van der Waals surface area contributed by atoms with Gasteiger partial charge in [-0.15, -0.1) is 0 Å². The van der Waals surface area contributed by atoms with E-state index in [1.54, 1.807) is 0 Å². The predicted octanol–water partition coefficient (Wildman–Crippen LogP) is 2.38. The Morgan fingerprint density at radius 3 is 2.67 bits per heavy atom. The molecule has 2 N–H and O–H groups in total. The summed E-state index contributed by atoms with van der Waals surface area (Å²) < 4.78 is 0. The van der Waals surface area contributed by atoms with Crippen LogP contribution in [0.2, 0.25) is 0 Å². The van der Waals surface area contributed by atoms with E-state index in [9.17, 15) is 9.90 Å². The van der Waals surface area contributed by atoms with Gasteiger partial charge in [-0.05, 0) is 48.8 Å². The van der Waals surface area contributed by atoms with Crippen molar-refractivity contribution in [1.29, 1.82) is 0 Å². The van der Waals surface area contributed by atoms with Gasteiger partial charge in [-0.25, -0.2) is 0 Å². The largest absolute Gasteiger partial charge is 0.392 e. The minimum Gasteiger partial charge on any atom is -0.392 e. The van der Waals surface area contributed by atoms with E-state index in [0.29, 0.717) is 12.8 Å². The maximum absolute atomic E-state index is 12.2. The topological polar surface area (TPSA) is 49.3 Å². The summed E-state index contributed by atoms with van der Waals surface area (Å²) in [6.45, 7) is 4.01. The van der Waals surface area contributed by atoms with Crippen molar-refractivity contribution >= 4 is 5.91 Å². The number of benzene rings is 1. The molecule has 1 saturated carbocycles. The Bertz CT molecular complexity index is 550. The average Bonchev–Trinajstić information content (AvgIpc) is 2.47. The standard InChI is InChI=1S/C18H25NO2/c1-18(2)15(11-16(18)20)19-17(21)10-12-7-8-13-5-3-4-6-14(13)9-12/h7-9,15-16,20H,3-6,10-11H2,1-2H3,(H,19,21). The van der Waals surface area contributed by atoms with Crippen LogP contribution in [0.25, 0.3) is 0 Å². The third kappa shape index (κ3) is 2.84. The van der Waals surface area contributed by atoms with E-state index in [2.05, 4.69) is 23.5 Å². The molecule has 2 atom stereocenters. The van der Waals surface area contributed by atoms with E-state index in [-0.39, 0.29) is 23.5 Å². The molecule has 114 valence electrons. The Morgan fingerprint density at radius 2 is 2.00 bits per heavy atom. The average molecular weight is 287 g/mol. The van der Waals surface area contributed by atoms with Crippen LogP contribution in [0.4, 0.5) is 0 Å². The number of carbonyl (C=O) groups is 1. The van der Waals surface area contributed by atoms with Crippen LogP contribution in [0, 0.1) is 5.41 Å². The quantitative estimate of drug-likeness (QED) is 0.897. The molecule has 0 saturated heterocycles. The molecule has 0 spiro atoms. The lowest BCUT2D eigenvalue weighted by molar-refractivity contribution is -0.128. The summed E-state index contributed by atoms with van der Waals surface area (Å²) in [5, 5.41) is 12.8. The van der Waals surface area contributed by atoms with Crippen LogP contribution >= 0.6 is 0 Å². The second-order valence-corrected chi connectivity index (χ2v) is 7.18. The maximum atomic E-state index is 12.2. The third-order valence-corrected chi connectivity index (χ3v) is 5.33. The zero-order valence-corrected chi connectivity index (χ0v) is 13.0. The highest BCUT2D eigenvalue weighted by Crippen LogP contribution is 2.40. The van der Waals surface area contributed by atoms with E-state index >= 15 is 0 Å². The van der Waals surface area contributed by atoms with Crippen molar-refractivity contribution < 1.29 is 9.90 Å². The van der Waals surface area contributed by atoms with Gasteiger partial charge in [0.15, 0.2) is 0 Å². The molecule has 3 nitrogen and oxygen atoms in total. The summed E-state index contributed by atoms with van der Waals surface area (Å²) in [7, 11) is 0. The fourth-order valence-corrected chi connectivity index (χ4v) is 3.47. The van der Waals surface area contributed by atoms with Crippen LogP contribution in [0.3, 0.4) is 0 Å². The summed E-state index contributed by atoms with van der Waals surface area (Å²) in [5.41, 5.74) is 3.77. The van der Waals surface area contributed by atoms with E-state index in [0.717, 1.165) is 12.0 Å². The van der Waals surface area contributed by atoms with Gasteiger partial charge in [0.1, 0.15) is 0 Å². The number of aliphatic hydroxyl groups is 1. The van der Waals surface area contributed by atoms with E-state index in [4.69, 9.17) is 0 Å². The number of aryl methyl sites for hydroxylation is 2. The molecule has 0 heterocycles. The second-order valence-electron chi connectivity index (χ2n) is 7.18. The maximum Gasteiger partial charge on any atom is 0.224 e. The van der Waals surface area contributed by atoms with Gasteiger partial charge < -0.3 is 10.4 Å². The first-order valence-electron chi connectivity index (χ1n) is 8.05. The number of nitrogens with one attached hydrogen (secondary N) is 1. The predicted molar refractivity (Wildman–Crippen MR) is 83.1 cm³/mol. The van der Waals surface area contributed by atoms with Gasteiger partial charge in [-0.2, -0.15) is 0 Å². The second kappa shape index (κ2) is 5.45. The summed E-state index contributed by atoms with van der Waals surface area (Å²) in [4.78, 5) is 12.2. The number of amides is 1. The molecular formula is C18H25NO2. The number of carbonyl (C=O) groups excluding carboxylic acids is 1. The Hall–Kier alpha value is -1.35. The van der Waals surface area contributed by atoms with Crippen molar-refractivity contribution in [3.05, 3.63) is 34.9 Å². The van der Waals surface area contributed by atoms with E-state index < -0.39 is 0 Å². The molecule has 0 aliphatic heterocycles. The van der Waals surface area contributed by atoms with Gasteiger partial charge in [0.25, 0.3) is 0 Å². The third-order valence-electron chi connectivity index (χ3n) is 5.33.